The molecule has 1 heterocycles. The number of hydrogen-bond donors (Lipinski definition) is 2. The van der Waals surface area contributed by atoms with Crippen molar-refractivity contribution in [3.8, 4) is 17.2 Å². The Kier molecular flexibility index (Phi) is 17.7. The lowest BCUT2D eigenvalue weighted by molar-refractivity contribution is 0.102. The third-order valence-electron chi connectivity index (χ3n) is 11.4. The van der Waals surface area contributed by atoms with Crippen LogP contribution < -0.4 is 10.1 Å². The van der Waals surface area contributed by atoms with Crippen molar-refractivity contribution in [3.63, 3.8) is 0 Å². The molecule has 0 bridgehead atoms. The molecule has 0 saturated heterocycles. The molecule has 1 saturated carbocycles. The average Bonchev–Trinajstić information content (AvgIpc) is 3.41. The molecule has 4 aromatic rings. The van der Waals surface area contributed by atoms with E-state index in [4.69, 9.17) is 4.74 Å². The minimum atomic E-state index is -0.232. The number of aryl methyl sites for hydroxylation is 1. The number of carbonyl (C=O) groups is 1. The lowest BCUT2D eigenvalue weighted by Crippen LogP contribution is -2.32. The van der Waals surface area contributed by atoms with Crippen molar-refractivity contribution in [1.29, 1.82) is 0 Å². The van der Waals surface area contributed by atoms with Gasteiger partial charge in [0.15, 0.2) is 0 Å². The summed E-state index contributed by atoms with van der Waals surface area (Å²) in [6, 6.07) is 17.3. The molecule has 57 heavy (non-hydrogen) atoms. The van der Waals surface area contributed by atoms with E-state index in [0.717, 1.165) is 67.3 Å². The Morgan fingerprint density at radius 1 is 0.982 bits per heavy atom. The molecule has 1 amide bonds. The lowest BCUT2D eigenvalue weighted by Gasteiger charge is -2.29. The van der Waals surface area contributed by atoms with Gasteiger partial charge in [-0.2, -0.15) is 0 Å². The minimum Gasteiger partial charge on any atom is -0.507 e. The Morgan fingerprint density at radius 3 is 2.33 bits per heavy atom. The summed E-state index contributed by atoms with van der Waals surface area (Å²) in [6.07, 6.45) is 18.2. The number of anilines is 1. The third-order valence-corrected chi connectivity index (χ3v) is 11.4. The topological polar surface area (TPSA) is 66.7 Å². The molecule has 6 heteroatoms. The van der Waals surface area contributed by atoms with Crippen molar-refractivity contribution in [2.45, 2.75) is 127 Å². The fraction of sp³-hybridized carbons (Fsp3) is 0.471. The number of aromatic nitrogens is 1. The molecule has 0 radical (unpaired) electrons. The lowest BCUT2D eigenvalue weighted by atomic mass is 9.76. The van der Waals surface area contributed by atoms with E-state index in [1.165, 1.54) is 54.4 Å². The van der Waals surface area contributed by atoms with E-state index in [2.05, 4.69) is 87.5 Å². The summed E-state index contributed by atoms with van der Waals surface area (Å²) in [6.45, 7) is 26.3. The molecule has 3 aromatic carbocycles. The monoisotopic (exact) mass is 774 g/mol. The van der Waals surface area contributed by atoms with Gasteiger partial charge >= 0.3 is 0 Å². The molecular formula is C51H71N3O3. The average molecular weight is 774 g/mol. The van der Waals surface area contributed by atoms with E-state index >= 15 is 0 Å². The fourth-order valence-corrected chi connectivity index (χ4v) is 7.76. The Bertz CT molecular complexity index is 1980. The molecule has 0 aliphatic heterocycles. The summed E-state index contributed by atoms with van der Waals surface area (Å²) in [5.41, 5.74) is 7.83. The highest BCUT2D eigenvalue weighted by Gasteiger charge is 2.26. The Labute approximate surface area is 344 Å². The first-order chi connectivity index (χ1) is 27.6. The zero-order chi connectivity index (χ0) is 41.5. The summed E-state index contributed by atoms with van der Waals surface area (Å²) in [5, 5.41) is 15.6. The van der Waals surface area contributed by atoms with Gasteiger partial charge in [-0.3, -0.25) is 4.79 Å². The molecule has 2 N–H and O–H groups in total. The van der Waals surface area contributed by atoms with Gasteiger partial charge in [-0.1, -0.05) is 91.7 Å². The van der Waals surface area contributed by atoms with Crippen LogP contribution in [0.1, 0.15) is 139 Å². The summed E-state index contributed by atoms with van der Waals surface area (Å²) >= 11 is 0. The molecule has 1 fully saturated rings. The van der Waals surface area contributed by atoms with Crippen LogP contribution in [-0.4, -0.2) is 40.1 Å². The second-order valence-electron chi connectivity index (χ2n) is 15.8. The molecule has 2 atom stereocenters. The Balaban J connectivity index is 0.00000354. The van der Waals surface area contributed by atoms with E-state index < -0.39 is 0 Å². The first-order valence-electron chi connectivity index (χ1n) is 21.8. The molecule has 1 aromatic heterocycles. The Hall–Kier alpha value is -4.55. The Morgan fingerprint density at radius 2 is 1.70 bits per heavy atom. The number of nitrogens with one attached hydrogen (secondary N) is 1. The highest BCUT2D eigenvalue weighted by atomic mass is 16.5. The highest BCUT2D eigenvalue weighted by Crippen LogP contribution is 2.44. The van der Waals surface area contributed by atoms with Crippen LogP contribution in [0.5, 0.6) is 17.2 Å². The maximum atomic E-state index is 13.4. The predicted octanol–water partition coefficient (Wildman–Crippen LogP) is 14.0. The summed E-state index contributed by atoms with van der Waals surface area (Å²) in [7, 11) is 0. The molecular weight excluding hydrogens is 703 g/mol. The summed E-state index contributed by atoms with van der Waals surface area (Å²) < 4.78 is 8.81. The number of benzene rings is 3. The minimum absolute atomic E-state index is 0.177. The molecule has 0 spiro atoms. The number of hydrogen-bond acceptors (Lipinski definition) is 4. The number of nitrogens with zero attached hydrogens (tertiary/aromatic N) is 2. The molecule has 1 aliphatic rings. The van der Waals surface area contributed by atoms with Crippen LogP contribution in [0.3, 0.4) is 0 Å². The van der Waals surface area contributed by atoms with Crippen LogP contribution >= 0.6 is 0 Å². The zero-order valence-corrected chi connectivity index (χ0v) is 36.8. The number of allylic oxidation sites excluding steroid dienone is 6. The van der Waals surface area contributed by atoms with Gasteiger partial charge in [0.05, 0.1) is 0 Å². The fourth-order valence-electron chi connectivity index (χ4n) is 7.76. The maximum absolute atomic E-state index is 13.4. The van der Waals surface area contributed by atoms with Gasteiger partial charge in [0, 0.05) is 52.6 Å². The van der Waals surface area contributed by atoms with Crippen LogP contribution in [0.25, 0.3) is 16.5 Å². The highest BCUT2D eigenvalue weighted by molar-refractivity contribution is 6.04. The standard InChI is InChI=1S/C49H65N3O3.C2H6/c1-9-13-14-17-39(16-10-2)48-45(38-18-15-19-38)29-41(30-47(48)53)50-49(54)40-20-22-42(23-21-40)55-43-24-25-46-44(31-43)36(7)37(8)52(46)33-35(6)32-51(27-11-3)28-26-34(5)12-4;1-2/h10,13-14,16-17,20-25,29-31,34-35,38,53H,9,11-12,15,18-19,26-28,32-33H2,1-8H3,(H,50,54);1-2H3/b14-13+,16-10-,39-17+;. The van der Waals surface area contributed by atoms with E-state index in [1.807, 2.05) is 63.3 Å². The van der Waals surface area contributed by atoms with Crippen LogP contribution in [0.15, 0.2) is 85.0 Å². The third kappa shape index (κ3) is 12.0. The van der Waals surface area contributed by atoms with E-state index in [1.54, 1.807) is 18.2 Å². The molecule has 5 rings (SSSR count). The van der Waals surface area contributed by atoms with Gasteiger partial charge in [0.1, 0.15) is 17.2 Å². The largest absolute Gasteiger partial charge is 0.507 e. The number of carbonyl (C=O) groups excluding carboxylic acids is 1. The maximum Gasteiger partial charge on any atom is 0.255 e. The van der Waals surface area contributed by atoms with E-state index in [-0.39, 0.29) is 11.7 Å². The molecule has 308 valence electrons. The van der Waals surface area contributed by atoms with Crippen LogP contribution in [0, 0.1) is 25.7 Å². The van der Waals surface area contributed by atoms with E-state index in [9.17, 15) is 9.90 Å². The normalized spacial score (nSPS) is 14.5. The van der Waals surface area contributed by atoms with Gasteiger partial charge in [0.2, 0.25) is 0 Å². The second-order valence-corrected chi connectivity index (χ2v) is 15.8. The van der Waals surface area contributed by atoms with Crippen molar-refractivity contribution in [2.75, 3.05) is 25.0 Å². The van der Waals surface area contributed by atoms with Crippen molar-refractivity contribution in [2.24, 2.45) is 11.8 Å². The van der Waals surface area contributed by atoms with Gasteiger partial charge in [-0.05, 0) is 149 Å². The van der Waals surface area contributed by atoms with Crippen LogP contribution in [0.4, 0.5) is 5.69 Å². The van der Waals surface area contributed by atoms with E-state index in [0.29, 0.717) is 28.8 Å². The van der Waals surface area contributed by atoms with Gasteiger partial charge in [-0.25, -0.2) is 0 Å². The number of aromatic hydroxyl groups is 1. The summed E-state index contributed by atoms with van der Waals surface area (Å²) in [5.74, 6) is 3.05. The van der Waals surface area contributed by atoms with Crippen molar-refractivity contribution < 1.29 is 14.6 Å². The predicted molar refractivity (Wildman–Crippen MR) is 244 cm³/mol. The van der Waals surface area contributed by atoms with Gasteiger partial charge in [0.25, 0.3) is 5.91 Å². The number of amides is 1. The summed E-state index contributed by atoms with van der Waals surface area (Å²) in [4.78, 5) is 16.1. The number of fused-ring (bicyclic) bond motifs is 1. The molecule has 1 aliphatic carbocycles. The molecule has 6 nitrogen and oxygen atoms in total. The van der Waals surface area contributed by atoms with Crippen molar-refractivity contribution in [1.82, 2.24) is 9.47 Å². The van der Waals surface area contributed by atoms with Crippen LogP contribution in [0.2, 0.25) is 0 Å². The second kappa shape index (κ2) is 22.4. The SMILES string of the molecule is CC.C\C=C/C(=C\C=C\CC)c1c(O)cc(NC(=O)c2ccc(Oc3ccc4c(c3)c(C)c(C)n4CC(C)CN(CCC)CCC(C)CC)cc2)cc1C1CCC1. The first-order valence-corrected chi connectivity index (χ1v) is 21.8. The zero-order valence-electron chi connectivity index (χ0n) is 36.8. The quantitative estimate of drug-likeness (QED) is 0.0931. The molecule has 2 unspecified atom stereocenters. The smallest absolute Gasteiger partial charge is 0.255 e. The van der Waals surface area contributed by atoms with Crippen molar-refractivity contribution in [3.05, 3.63) is 113 Å². The number of rotatable bonds is 19. The van der Waals surface area contributed by atoms with Crippen LogP contribution in [-0.2, 0) is 6.54 Å². The number of phenols is 1. The van der Waals surface area contributed by atoms with Gasteiger partial charge in [-0.15, -0.1) is 0 Å². The van der Waals surface area contributed by atoms with Gasteiger partial charge < -0.3 is 24.6 Å². The number of ether oxygens (including phenoxy) is 1. The number of phenolic OH excluding ortho intramolecular Hbond substituents is 1. The first kappa shape index (κ1) is 45.2. The van der Waals surface area contributed by atoms with Crippen molar-refractivity contribution >= 4 is 28.1 Å².